The summed E-state index contributed by atoms with van der Waals surface area (Å²) in [6.07, 6.45) is 1.34. The molecule has 19 heavy (non-hydrogen) atoms. The molecule has 0 aliphatic heterocycles. The first-order chi connectivity index (χ1) is 8.40. The lowest BCUT2D eigenvalue weighted by Gasteiger charge is -2.21. The molecule has 0 aliphatic carbocycles. The lowest BCUT2D eigenvalue weighted by atomic mass is 9.93. The first kappa shape index (κ1) is 17.5. The highest BCUT2D eigenvalue weighted by atomic mass is 35.5. The third-order valence-corrected chi connectivity index (χ3v) is 2.55. The maximum absolute atomic E-state index is 11.8. The second-order valence-electron chi connectivity index (χ2n) is 4.56. The van der Waals surface area contributed by atoms with Crippen molar-refractivity contribution in [3.05, 3.63) is 23.7 Å². The summed E-state index contributed by atoms with van der Waals surface area (Å²) in [5.41, 5.74) is 4.99. The lowest BCUT2D eigenvalue weighted by Crippen LogP contribution is -2.39. The van der Waals surface area contributed by atoms with Gasteiger partial charge in [-0.05, 0) is 19.9 Å². The van der Waals surface area contributed by atoms with Crippen LogP contribution in [0.2, 0.25) is 0 Å². The van der Waals surface area contributed by atoms with Crippen LogP contribution in [0.25, 0.3) is 0 Å². The minimum absolute atomic E-state index is 0. The van der Waals surface area contributed by atoms with Crippen LogP contribution < -0.4 is 11.1 Å². The van der Waals surface area contributed by atoms with Crippen LogP contribution in [0, 0.1) is 5.41 Å². The summed E-state index contributed by atoms with van der Waals surface area (Å²) >= 11 is 0. The minimum atomic E-state index is -0.773. The number of hydrogen-bond acceptors (Lipinski definition) is 5. The van der Waals surface area contributed by atoms with Gasteiger partial charge < -0.3 is 20.2 Å². The third kappa shape index (κ3) is 4.57. The molecule has 0 aromatic carbocycles. The van der Waals surface area contributed by atoms with Crippen LogP contribution in [0.5, 0.6) is 0 Å². The number of carbonyl (C=O) groups is 2. The van der Waals surface area contributed by atoms with E-state index in [1.165, 1.54) is 13.4 Å². The van der Waals surface area contributed by atoms with E-state index in [9.17, 15) is 9.59 Å². The maximum Gasteiger partial charge on any atom is 0.313 e. The molecule has 1 heterocycles. The number of nitrogens with two attached hydrogens (primary N) is 1. The fourth-order valence-electron chi connectivity index (χ4n) is 1.36. The van der Waals surface area contributed by atoms with Gasteiger partial charge in [0.05, 0.1) is 24.6 Å². The molecule has 0 bridgehead atoms. The van der Waals surface area contributed by atoms with Gasteiger partial charge in [0, 0.05) is 6.54 Å². The van der Waals surface area contributed by atoms with E-state index in [0.717, 1.165) is 0 Å². The molecule has 1 amide bonds. The number of rotatable bonds is 5. The Labute approximate surface area is 118 Å². The van der Waals surface area contributed by atoms with Gasteiger partial charge in [0.1, 0.15) is 12.0 Å². The molecule has 0 fully saturated rings. The van der Waals surface area contributed by atoms with Crippen molar-refractivity contribution in [2.45, 2.75) is 20.4 Å². The molecule has 0 aliphatic rings. The second-order valence-corrected chi connectivity index (χ2v) is 4.56. The van der Waals surface area contributed by atoms with E-state index in [-0.39, 0.29) is 37.4 Å². The number of methoxy groups -OCH3 is 1. The zero-order valence-electron chi connectivity index (χ0n) is 11.2. The van der Waals surface area contributed by atoms with E-state index in [1.807, 2.05) is 0 Å². The van der Waals surface area contributed by atoms with Gasteiger partial charge in [0.25, 0.3) is 5.91 Å². The van der Waals surface area contributed by atoms with Crippen molar-refractivity contribution in [1.29, 1.82) is 0 Å². The number of hydrogen-bond donors (Lipinski definition) is 2. The number of furan rings is 1. The van der Waals surface area contributed by atoms with Crippen molar-refractivity contribution in [2.75, 3.05) is 13.7 Å². The fraction of sp³-hybridized carbons (Fsp3) is 0.500. The maximum atomic E-state index is 11.8. The smallest absolute Gasteiger partial charge is 0.313 e. The zero-order chi connectivity index (χ0) is 13.8. The molecule has 1 rings (SSSR count). The zero-order valence-corrected chi connectivity index (χ0v) is 12.0. The third-order valence-electron chi connectivity index (χ3n) is 2.55. The monoisotopic (exact) mass is 290 g/mol. The van der Waals surface area contributed by atoms with E-state index < -0.39 is 5.41 Å². The van der Waals surface area contributed by atoms with E-state index in [1.54, 1.807) is 19.9 Å². The van der Waals surface area contributed by atoms with Gasteiger partial charge in [-0.1, -0.05) is 0 Å². The van der Waals surface area contributed by atoms with Gasteiger partial charge in [-0.25, -0.2) is 0 Å². The summed E-state index contributed by atoms with van der Waals surface area (Å²) in [7, 11) is 1.31. The summed E-state index contributed by atoms with van der Waals surface area (Å²) in [4.78, 5) is 23.2. The average Bonchev–Trinajstić information content (AvgIpc) is 2.83. The summed E-state index contributed by atoms with van der Waals surface area (Å²) in [5.74, 6) is -0.152. The first-order valence-corrected chi connectivity index (χ1v) is 5.55. The quantitative estimate of drug-likeness (QED) is 0.792. The molecule has 0 spiro atoms. The van der Waals surface area contributed by atoms with Crippen LogP contribution in [0.4, 0.5) is 0 Å². The van der Waals surface area contributed by atoms with Gasteiger partial charge in [-0.2, -0.15) is 0 Å². The van der Waals surface area contributed by atoms with Crippen LogP contribution in [-0.2, 0) is 16.1 Å². The Morgan fingerprint density at radius 1 is 1.47 bits per heavy atom. The number of ether oxygens (including phenoxy) is 1. The van der Waals surface area contributed by atoms with Crippen molar-refractivity contribution >= 4 is 24.3 Å². The van der Waals surface area contributed by atoms with E-state index in [2.05, 4.69) is 10.1 Å². The molecule has 3 N–H and O–H groups in total. The predicted molar refractivity (Wildman–Crippen MR) is 72.0 cm³/mol. The van der Waals surface area contributed by atoms with Gasteiger partial charge >= 0.3 is 5.97 Å². The Morgan fingerprint density at radius 2 is 2.11 bits per heavy atom. The van der Waals surface area contributed by atoms with Crippen molar-refractivity contribution in [2.24, 2.45) is 11.1 Å². The number of amides is 1. The Hall–Kier alpha value is -1.53. The van der Waals surface area contributed by atoms with E-state index in [4.69, 9.17) is 10.2 Å². The number of carbonyl (C=O) groups excluding carboxylic acids is 2. The Kier molecular flexibility index (Phi) is 6.58. The molecule has 108 valence electrons. The van der Waals surface area contributed by atoms with Crippen molar-refractivity contribution in [1.82, 2.24) is 5.32 Å². The molecule has 0 unspecified atom stereocenters. The predicted octanol–water partition coefficient (Wildman–Crippen LogP) is 1.09. The molecular formula is C12H19ClN2O4. The normalized spacial score (nSPS) is 10.5. The van der Waals surface area contributed by atoms with Crippen LogP contribution >= 0.6 is 12.4 Å². The van der Waals surface area contributed by atoms with Gasteiger partial charge in [-0.15, -0.1) is 12.4 Å². The molecule has 1 aromatic rings. The van der Waals surface area contributed by atoms with Crippen LogP contribution in [-0.4, -0.2) is 25.5 Å². The fourth-order valence-corrected chi connectivity index (χ4v) is 1.36. The standard InChI is InChI=1S/C12H18N2O4.ClH/c1-12(2,11(16)17-3)7-14-10(15)8-4-9(5-13)18-6-8;/h4,6H,5,7,13H2,1-3H3,(H,14,15);1H. The first-order valence-electron chi connectivity index (χ1n) is 5.55. The highest BCUT2D eigenvalue weighted by Crippen LogP contribution is 2.16. The molecule has 0 radical (unpaired) electrons. The Balaban J connectivity index is 0.00000324. The molecule has 0 saturated carbocycles. The summed E-state index contributed by atoms with van der Waals surface area (Å²) in [6.45, 7) is 3.81. The van der Waals surface area contributed by atoms with Gasteiger partial charge in [-0.3, -0.25) is 9.59 Å². The van der Waals surface area contributed by atoms with Crippen LogP contribution in [0.1, 0.15) is 30.0 Å². The lowest BCUT2D eigenvalue weighted by molar-refractivity contribution is -0.150. The SMILES string of the molecule is COC(=O)C(C)(C)CNC(=O)c1coc(CN)c1.Cl. The topological polar surface area (TPSA) is 94.6 Å². The highest BCUT2D eigenvalue weighted by molar-refractivity contribution is 5.94. The Morgan fingerprint density at radius 3 is 2.58 bits per heavy atom. The van der Waals surface area contributed by atoms with Crippen LogP contribution in [0.3, 0.4) is 0 Å². The second kappa shape index (κ2) is 7.16. The number of esters is 1. The van der Waals surface area contributed by atoms with Gasteiger partial charge in [0.2, 0.25) is 0 Å². The Bertz CT molecular complexity index is 443. The van der Waals surface area contributed by atoms with Crippen molar-refractivity contribution in [3.63, 3.8) is 0 Å². The molecule has 7 heteroatoms. The van der Waals surface area contributed by atoms with E-state index >= 15 is 0 Å². The van der Waals surface area contributed by atoms with Crippen molar-refractivity contribution in [3.8, 4) is 0 Å². The molecule has 1 aromatic heterocycles. The average molecular weight is 291 g/mol. The molecule has 0 saturated heterocycles. The summed E-state index contributed by atoms with van der Waals surface area (Å²) < 4.78 is 9.71. The van der Waals surface area contributed by atoms with E-state index in [0.29, 0.717) is 11.3 Å². The largest absolute Gasteiger partial charge is 0.469 e. The number of halogens is 1. The molecular weight excluding hydrogens is 272 g/mol. The highest BCUT2D eigenvalue weighted by Gasteiger charge is 2.29. The molecule has 0 atom stereocenters. The summed E-state index contributed by atoms with van der Waals surface area (Å²) in [5, 5.41) is 2.65. The number of nitrogens with one attached hydrogen (secondary N) is 1. The van der Waals surface area contributed by atoms with Crippen molar-refractivity contribution < 1.29 is 18.7 Å². The minimum Gasteiger partial charge on any atom is -0.469 e. The summed E-state index contributed by atoms with van der Waals surface area (Å²) in [6, 6.07) is 1.57. The van der Waals surface area contributed by atoms with Crippen LogP contribution in [0.15, 0.2) is 16.7 Å². The molecule has 6 nitrogen and oxygen atoms in total. The van der Waals surface area contributed by atoms with Gasteiger partial charge in [0.15, 0.2) is 0 Å².